The van der Waals surface area contributed by atoms with Crippen LogP contribution in [0.5, 0.6) is 0 Å². The molecule has 0 N–H and O–H groups in total. The number of piperidine rings is 1. The molecule has 0 saturated carbocycles. The zero-order valence-corrected chi connectivity index (χ0v) is 14.3. The fourth-order valence-corrected chi connectivity index (χ4v) is 2.77. The molecule has 2 aromatic rings. The van der Waals surface area contributed by atoms with Crippen LogP contribution in [0.2, 0.25) is 0 Å². The van der Waals surface area contributed by atoms with Crippen molar-refractivity contribution >= 4 is 17.5 Å². The maximum atomic E-state index is 11.5. The summed E-state index contributed by atoms with van der Waals surface area (Å²) in [5.74, 6) is 0. The Labute approximate surface area is 147 Å². The lowest BCUT2D eigenvalue weighted by atomic mass is 10.0. The number of amides is 1. The van der Waals surface area contributed by atoms with Crippen molar-refractivity contribution in [2.45, 2.75) is 12.8 Å². The predicted molar refractivity (Wildman–Crippen MR) is 99.2 cm³/mol. The Balaban J connectivity index is 1.82. The number of methoxy groups -OCH3 is 1. The van der Waals surface area contributed by atoms with Gasteiger partial charge in [-0.05, 0) is 0 Å². The van der Waals surface area contributed by atoms with Crippen molar-refractivity contribution in [2.24, 2.45) is 10.2 Å². The number of likely N-dealkylation sites (tertiary alicyclic amines) is 1. The zero-order chi connectivity index (χ0) is 17.5. The van der Waals surface area contributed by atoms with Gasteiger partial charge in [0.05, 0.1) is 7.11 Å². The van der Waals surface area contributed by atoms with Crippen LogP contribution in [-0.4, -0.2) is 42.6 Å². The maximum absolute atomic E-state index is 11.5. The van der Waals surface area contributed by atoms with Gasteiger partial charge in [-0.1, -0.05) is 60.7 Å². The third-order valence-corrected chi connectivity index (χ3v) is 4.16. The van der Waals surface area contributed by atoms with Crippen LogP contribution in [-0.2, 0) is 4.74 Å². The Morgan fingerprint density at radius 3 is 1.92 bits per heavy atom. The summed E-state index contributed by atoms with van der Waals surface area (Å²) in [4.78, 5) is 13.2. The van der Waals surface area contributed by atoms with Gasteiger partial charge in [-0.25, -0.2) is 4.79 Å². The van der Waals surface area contributed by atoms with Crippen LogP contribution in [0, 0.1) is 0 Å². The van der Waals surface area contributed by atoms with Gasteiger partial charge in [0.1, 0.15) is 5.71 Å². The molecule has 1 amide bonds. The normalized spacial score (nSPS) is 14.0. The average molecular weight is 335 g/mol. The fourth-order valence-electron chi connectivity index (χ4n) is 2.77. The van der Waals surface area contributed by atoms with E-state index in [2.05, 4.69) is 10.2 Å². The minimum absolute atomic E-state index is 0.281. The number of rotatable bonds is 3. The van der Waals surface area contributed by atoms with Crippen molar-refractivity contribution < 1.29 is 9.53 Å². The highest BCUT2D eigenvalue weighted by atomic mass is 16.5. The fraction of sp³-hybridized carbons (Fsp3) is 0.250. The minimum Gasteiger partial charge on any atom is -0.453 e. The van der Waals surface area contributed by atoms with Crippen molar-refractivity contribution in [3.05, 3.63) is 71.8 Å². The molecule has 0 spiro atoms. The SMILES string of the molecule is COC(=O)N1CCC(=NN=C(c2ccccc2)c2ccccc2)CC1. The molecule has 128 valence electrons. The second-order valence-electron chi connectivity index (χ2n) is 5.80. The van der Waals surface area contributed by atoms with Crippen molar-refractivity contribution in [3.63, 3.8) is 0 Å². The Bertz CT molecular complexity index is 719. The topological polar surface area (TPSA) is 54.3 Å². The van der Waals surface area contributed by atoms with E-state index in [-0.39, 0.29) is 6.09 Å². The van der Waals surface area contributed by atoms with Crippen LogP contribution >= 0.6 is 0 Å². The lowest BCUT2D eigenvalue weighted by Gasteiger charge is -2.25. The summed E-state index contributed by atoms with van der Waals surface area (Å²) in [5, 5.41) is 9.03. The molecule has 5 heteroatoms. The predicted octanol–water partition coefficient (Wildman–Crippen LogP) is 3.74. The van der Waals surface area contributed by atoms with Gasteiger partial charge in [0.2, 0.25) is 0 Å². The molecule has 0 atom stereocenters. The molecule has 0 unspecified atom stereocenters. The number of carbonyl (C=O) groups excluding carboxylic acids is 1. The molecule has 1 heterocycles. The molecule has 0 aromatic heterocycles. The number of benzene rings is 2. The second kappa shape index (κ2) is 8.24. The van der Waals surface area contributed by atoms with Gasteiger partial charge in [0.25, 0.3) is 0 Å². The largest absolute Gasteiger partial charge is 0.453 e. The Hall–Kier alpha value is -2.95. The highest BCUT2D eigenvalue weighted by Crippen LogP contribution is 2.13. The molecule has 25 heavy (non-hydrogen) atoms. The third kappa shape index (κ3) is 4.32. The minimum atomic E-state index is -0.281. The average Bonchev–Trinajstić information content (AvgIpc) is 2.70. The van der Waals surface area contributed by atoms with Crippen molar-refractivity contribution in [2.75, 3.05) is 20.2 Å². The quantitative estimate of drug-likeness (QED) is 0.634. The van der Waals surface area contributed by atoms with E-state index in [1.165, 1.54) is 7.11 Å². The van der Waals surface area contributed by atoms with E-state index in [1.807, 2.05) is 60.7 Å². The Morgan fingerprint density at radius 1 is 0.920 bits per heavy atom. The number of hydrogen-bond donors (Lipinski definition) is 0. The van der Waals surface area contributed by atoms with Crippen LogP contribution in [0.3, 0.4) is 0 Å². The van der Waals surface area contributed by atoms with Crippen LogP contribution in [0.1, 0.15) is 24.0 Å². The summed E-state index contributed by atoms with van der Waals surface area (Å²) in [7, 11) is 1.40. The first-order valence-corrected chi connectivity index (χ1v) is 8.35. The number of hydrogen-bond acceptors (Lipinski definition) is 4. The maximum Gasteiger partial charge on any atom is 0.409 e. The van der Waals surface area contributed by atoms with E-state index < -0.39 is 0 Å². The van der Waals surface area contributed by atoms with Crippen LogP contribution in [0.25, 0.3) is 0 Å². The van der Waals surface area contributed by atoms with Gasteiger partial charge >= 0.3 is 6.09 Å². The van der Waals surface area contributed by atoms with E-state index in [4.69, 9.17) is 4.74 Å². The smallest absolute Gasteiger partial charge is 0.409 e. The van der Waals surface area contributed by atoms with Crippen LogP contribution < -0.4 is 0 Å². The van der Waals surface area contributed by atoms with E-state index in [9.17, 15) is 4.79 Å². The molecule has 1 saturated heterocycles. The van der Waals surface area contributed by atoms with Gasteiger partial charge in [-0.15, -0.1) is 5.10 Å². The van der Waals surface area contributed by atoms with Gasteiger partial charge in [0.15, 0.2) is 0 Å². The van der Waals surface area contributed by atoms with E-state index in [0.29, 0.717) is 13.1 Å². The Morgan fingerprint density at radius 2 is 1.44 bits per heavy atom. The Kier molecular flexibility index (Phi) is 5.57. The highest BCUT2D eigenvalue weighted by molar-refractivity contribution is 6.13. The molecule has 0 bridgehead atoms. The first-order chi connectivity index (χ1) is 12.3. The van der Waals surface area contributed by atoms with Gasteiger partial charge in [-0.3, -0.25) is 0 Å². The molecule has 1 aliphatic heterocycles. The molecule has 1 aliphatic rings. The summed E-state index contributed by atoms with van der Waals surface area (Å²) in [6, 6.07) is 20.1. The van der Waals surface area contributed by atoms with Crippen LogP contribution in [0.15, 0.2) is 70.9 Å². The van der Waals surface area contributed by atoms with Crippen molar-refractivity contribution in [1.82, 2.24) is 4.90 Å². The van der Waals surface area contributed by atoms with Crippen LogP contribution in [0.4, 0.5) is 4.79 Å². The molecule has 1 fully saturated rings. The molecular formula is C20H21N3O2. The summed E-state index contributed by atoms with van der Waals surface area (Å²) in [5.41, 5.74) is 3.92. The van der Waals surface area contributed by atoms with Crippen molar-refractivity contribution in [3.8, 4) is 0 Å². The number of carbonyl (C=O) groups is 1. The summed E-state index contributed by atoms with van der Waals surface area (Å²) in [6.45, 7) is 1.24. The second-order valence-corrected chi connectivity index (χ2v) is 5.80. The molecule has 0 aliphatic carbocycles. The van der Waals surface area contributed by atoms with Gasteiger partial charge in [0, 0.05) is 42.8 Å². The summed E-state index contributed by atoms with van der Waals surface area (Å²) < 4.78 is 4.76. The molecular weight excluding hydrogens is 314 g/mol. The number of nitrogens with zero attached hydrogens (tertiary/aromatic N) is 3. The molecule has 5 nitrogen and oxygen atoms in total. The van der Waals surface area contributed by atoms with Gasteiger partial charge in [-0.2, -0.15) is 5.10 Å². The zero-order valence-electron chi connectivity index (χ0n) is 14.3. The standard InChI is InChI=1S/C20H21N3O2/c1-25-20(24)23-14-12-18(13-15-23)21-22-19(16-8-4-2-5-9-16)17-10-6-3-7-11-17/h2-11H,12-15H2,1H3. The summed E-state index contributed by atoms with van der Waals surface area (Å²) in [6.07, 6.45) is 1.15. The molecule has 3 rings (SSSR count). The molecule has 2 aromatic carbocycles. The van der Waals surface area contributed by atoms with E-state index >= 15 is 0 Å². The lowest BCUT2D eigenvalue weighted by Crippen LogP contribution is -2.38. The monoisotopic (exact) mass is 335 g/mol. The first kappa shape index (κ1) is 16.9. The van der Waals surface area contributed by atoms with Gasteiger partial charge < -0.3 is 9.64 Å². The first-order valence-electron chi connectivity index (χ1n) is 8.35. The summed E-state index contributed by atoms with van der Waals surface area (Å²) >= 11 is 0. The van der Waals surface area contributed by atoms with Crippen molar-refractivity contribution in [1.29, 1.82) is 0 Å². The van der Waals surface area contributed by atoms with E-state index in [1.54, 1.807) is 4.90 Å². The highest BCUT2D eigenvalue weighted by Gasteiger charge is 2.20. The van der Waals surface area contributed by atoms with E-state index in [0.717, 1.165) is 35.4 Å². The lowest BCUT2D eigenvalue weighted by molar-refractivity contribution is 0.123. The number of ether oxygens (including phenoxy) is 1. The molecule has 0 radical (unpaired) electrons. The third-order valence-electron chi connectivity index (χ3n) is 4.16.